The molecule has 0 unspecified atom stereocenters. The van der Waals surface area contributed by atoms with Crippen LogP contribution in [0.3, 0.4) is 0 Å². The first kappa shape index (κ1) is 10.7. The van der Waals surface area contributed by atoms with E-state index in [0.29, 0.717) is 10.9 Å². The van der Waals surface area contributed by atoms with E-state index in [9.17, 15) is 4.79 Å². The topological polar surface area (TPSA) is 46.9 Å². The van der Waals surface area contributed by atoms with Gasteiger partial charge >= 0.3 is 0 Å². The van der Waals surface area contributed by atoms with E-state index in [0.717, 1.165) is 18.7 Å². The highest BCUT2D eigenvalue weighted by molar-refractivity contribution is 6.28. The molecular weight excluding hydrogens is 238 g/mol. The number of hydrogen-bond donors (Lipinski definition) is 1. The van der Waals surface area contributed by atoms with E-state index in [4.69, 9.17) is 11.6 Å². The molecule has 0 radical (unpaired) electrons. The maximum Gasteiger partial charge on any atom is 0.262 e. The van der Waals surface area contributed by atoms with Crippen molar-refractivity contribution in [1.82, 2.24) is 14.9 Å². The molecule has 0 saturated carbocycles. The number of nitrogens with one attached hydrogen (secondary N) is 1. The second-order valence-electron chi connectivity index (χ2n) is 4.39. The number of nitrogens with zero attached hydrogens (tertiary/aromatic N) is 2. The van der Waals surface area contributed by atoms with Crippen molar-refractivity contribution in [2.75, 3.05) is 13.1 Å². The smallest absolute Gasteiger partial charge is 0.262 e. The fraction of sp³-hybridized carbons (Fsp3) is 0.333. The Morgan fingerprint density at radius 1 is 1.47 bits per heavy atom. The van der Waals surface area contributed by atoms with Gasteiger partial charge in [-0.25, -0.2) is 4.98 Å². The lowest BCUT2D eigenvalue weighted by Gasteiger charge is -2.29. The molecule has 1 aromatic carbocycles. The van der Waals surface area contributed by atoms with Crippen molar-refractivity contribution in [1.29, 1.82) is 0 Å². The molecule has 2 aromatic rings. The summed E-state index contributed by atoms with van der Waals surface area (Å²) in [5, 5.41) is 4.03. The van der Waals surface area contributed by atoms with Crippen LogP contribution in [0.5, 0.6) is 0 Å². The summed E-state index contributed by atoms with van der Waals surface area (Å²) < 4.78 is 1.58. The van der Waals surface area contributed by atoms with Gasteiger partial charge in [0.1, 0.15) is 0 Å². The number of aromatic nitrogens is 2. The van der Waals surface area contributed by atoms with Crippen molar-refractivity contribution in [2.24, 2.45) is 0 Å². The summed E-state index contributed by atoms with van der Waals surface area (Å²) in [5.74, 6) is 0. The molecule has 1 aliphatic heterocycles. The van der Waals surface area contributed by atoms with Crippen molar-refractivity contribution in [2.45, 2.75) is 13.0 Å². The monoisotopic (exact) mass is 249 g/mol. The van der Waals surface area contributed by atoms with Crippen molar-refractivity contribution >= 4 is 22.5 Å². The van der Waals surface area contributed by atoms with Crippen LogP contribution < -0.4 is 10.9 Å². The van der Waals surface area contributed by atoms with E-state index in [-0.39, 0.29) is 16.9 Å². The lowest BCUT2D eigenvalue weighted by Crippen LogP contribution is -2.47. The Labute approximate surface area is 103 Å². The number of fused-ring (bicyclic) bond motifs is 1. The maximum atomic E-state index is 12.3. The third-order valence-electron chi connectivity index (χ3n) is 3.14. The number of benzene rings is 1. The lowest BCUT2D eigenvalue weighted by atomic mass is 10.1. The average Bonchev–Trinajstić information content (AvgIpc) is 2.20. The highest BCUT2D eigenvalue weighted by Crippen LogP contribution is 2.18. The normalized spacial score (nSPS) is 16.1. The highest BCUT2D eigenvalue weighted by Gasteiger charge is 2.23. The van der Waals surface area contributed by atoms with Crippen molar-refractivity contribution in [3.8, 4) is 0 Å². The molecule has 3 rings (SSSR count). The van der Waals surface area contributed by atoms with Crippen LogP contribution in [0.1, 0.15) is 11.6 Å². The van der Waals surface area contributed by atoms with Crippen LogP contribution in [0, 0.1) is 6.92 Å². The molecule has 2 heterocycles. The summed E-state index contributed by atoms with van der Waals surface area (Å²) >= 11 is 6.09. The SMILES string of the molecule is Cc1ccc2c(=O)n(C3CNC3)c(Cl)nc2c1. The van der Waals surface area contributed by atoms with Gasteiger partial charge in [0.2, 0.25) is 5.28 Å². The Morgan fingerprint density at radius 3 is 2.88 bits per heavy atom. The Morgan fingerprint density at radius 2 is 2.24 bits per heavy atom. The molecule has 0 spiro atoms. The van der Waals surface area contributed by atoms with Crippen LogP contribution in [0.2, 0.25) is 5.28 Å². The van der Waals surface area contributed by atoms with Gasteiger partial charge in [-0.2, -0.15) is 0 Å². The predicted octanol–water partition coefficient (Wildman–Crippen LogP) is 1.50. The van der Waals surface area contributed by atoms with E-state index in [1.54, 1.807) is 4.57 Å². The molecule has 0 atom stereocenters. The van der Waals surface area contributed by atoms with Gasteiger partial charge in [-0.15, -0.1) is 0 Å². The predicted molar refractivity (Wildman–Crippen MR) is 67.7 cm³/mol. The molecule has 0 bridgehead atoms. The van der Waals surface area contributed by atoms with Gasteiger partial charge < -0.3 is 5.32 Å². The average molecular weight is 250 g/mol. The van der Waals surface area contributed by atoms with E-state index >= 15 is 0 Å². The van der Waals surface area contributed by atoms with Crippen LogP contribution in [-0.2, 0) is 0 Å². The largest absolute Gasteiger partial charge is 0.313 e. The molecule has 1 saturated heterocycles. The van der Waals surface area contributed by atoms with Gasteiger partial charge in [0.25, 0.3) is 5.56 Å². The summed E-state index contributed by atoms with van der Waals surface area (Å²) in [6.45, 7) is 3.52. The summed E-state index contributed by atoms with van der Waals surface area (Å²) in [6, 6.07) is 5.75. The number of halogens is 1. The lowest BCUT2D eigenvalue weighted by molar-refractivity contribution is 0.335. The molecule has 1 N–H and O–H groups in total. The van der Waals surface area contributed by atoms with Crippen LogP contribution in [0.15, 0.2) is 23.0 Å². The molecule has 88 valence electrons. The summed E-state index contributed by atoms with van der Waals surface area (Å²) in [6.07, 6.45) is 0. The zero-order chi connectivity index (χ0) is 12.0. The number of aryl methyl sites for hydroxylation is 1. The standard InChI is InChI=1S/C12H12ClN3O/c1-7-2-3-9-10(4-7)15-12(13)16(11(9)17)8-5-14-6-8/h2-4,8,14H,5-6H2,1H3. The van der Waals surface area contributed by atoms with E-state index < -0.39 is 0 Å². The quantitative estimate of drug-likeness (QED) is 0.780. The number of hydrogen-bond acceptors (Lipinski definition) is 3. The Balaban J connectivity index is 2.31. The first-order chi connectivity index (χ1) is 8.16. The third-order valence-corrected chi connectivity index (χ3v) is 3.41. The summed E-state index contributed by atoms with van der Waals surface area (Å²) in [7, 11) is 0. The van der Waals surface area contributed by atoms with Crippen molar-refractivity contribution in [3.63, 3.8) is 0 Å². The molecule has 1 aromatic heterocycles. The van der Waals surface area contributed by atoms with Crippen LogP contribution >= 0.6 is 11.6 Å². The molecule has 0 amide bonds. The minimum atomic E-state index is -0.0495. The van der Waals surface area contributed by atoms with E-state index in [1.165, 1.54) is 0 Å². The molecule has 4 nitrogen and oxygen atoms in total. The Hall–Kier alpha value is -1.39. The highest BCUT2D eigenvalue weighted by atomic mass is 35.5. The maximum absolute atomic E-state index is 12.3. The van der Waals surface area contributed by atoms with Gasteiger partial charge in [0.15, 0.2) is 0 Å². The fourth-order valence-electron chi connectivity index (χ4n) is 2.05. The van der Waals surface area contributed by atoms with Gasteiger partial charge in [-0.05, 0) is 36.2 Å². The Bertz CT molecular complexity index is 646. The summed E-state index contributed by atoms with van der Waals surface area (Å²) in [5.41, 5.74) is 1.69. The molecular formula is C12H12ClN3O. The minimum Gasteiger partial charge on any atom is -0.313 e. The first-order valence-corrected chi connectivity index (χ1v) is 5.94. The second kappa shape index (κ2) is 3.82. The summed E-state index contributed by atoms with van der Waals surface area (Å²) in [4.78, 5) is 16.6. The number of rotatable bonds is 1. The van der Waals surface area contributed by atoms with E-state index in [1.807, 2.05) is 25.1 Å². The first-order valence-electron chi connectivity index (χ1n) is 5.56. The van der Waals surface area contributed by atoms with Gasteiger partial charge in [0.05, 0.1) is 16.9 Å². The zero-order valence-corrected chi connectivity index (χ0v) is 10.2. The van der Waals surface area contributed by atoms with Crippen molar-refractivity contribution < 1.29 is 0 Å². The molecule has 1 fully saturated rings. The fourth-order valence-corrected chi connectivity index (χ4v) is 2.36. The minimum absolute atomic E-state index is 0.0495. The molecule has 0 aliphatic carbocycles. The second-order valence-corrected chi connectivity index (χ2v) is 4.73. The Kier molecular flexibility index (Phi) is 2.42. The van der Waals surface area contributed by atoms with Gasteiger partial charge in [-0.1, -0.05) is 6.07 Å². The van der Waals surface area contributed by atoms with Crippen molar-refractivity contribution in [3.05, 3.63) is 39.4 Å². The van der Waals surface area contributed by atoms with E-state index in [2.05, 4.69) is 10.3 Å². The van der Waals surface area contributed by atoms with Gasteiger partial charge in [-0.3, -0.25) is 9.36 Å². The molecule has 5 heteroatoms. The van der Waals surface area contributed by atoms with Gasteiger partial charge in [0, 0.05) is 13.1 Å². The van der Waals surface area contributed by atoms with Crippen LogP contribution in [0.25, 0.3) is 10.9 Å². The molecule has 17 heavy (non-hydrogen) atoms. The zero-order valence-electron chi connectivity index (χ0n) is 9.40. The van der Waals surface area contributed by atoms with Crippen LogP contribution in [0.4, 0.5) is 0 Å². The molecule has 1 aliphatic rings. The van der Waals surface area contributed by atoms with Crippen LogP contribution in [-0.4, -0.2) is 22.6 Å². The third kappa shape index (κ3) is 1.64.